The van der Waals surface area contributed by atoms with E-state index < -0.39 is 0 Å². The molecule has 3 rings (SSSR count). The standard InChI is InChI=1S/C20H22N2O3S/c1-2-26-21-17-10-8-16(9-11-17)20(24)22-13-18(14-22)25-19(23)12-15-6-4-3-5-7-15/h3-11,18,21H,2,12-14H2,1H3. The minimum absolute atomic E-state index is 0.0324. The van der Waals surface area contributed by atoms with Crippen molar-refractivity contribution in [1.82, 2.24) is 4.90 Å². The molecule has 0 aromatic heterocycles. The maximum absolute atomic E-state index is 12.4. The van der Waals surface area contributed by atoms with Crippen molar-refractivity contribution in [1.29, 1.82) is 0 Å². The number of carbonyl (C=O) groups excluding carboxylic acids is 2. The maximum Gasteiger partial charge on any atom is 0.310 e. The topological polar surface area (TPSA) is 58.6 Å². The highest BCUT2D eigenvalue weighted by molar-refractivity contribution is 8.00. The van der Waals surface area contributed by atoms with Gasteiger partial charge in [0.2, 0.25) is 0 Å². The van der Waals surface area contributed by atoms with Crippen molar-refractivity contribution in [3.63, 3.8) is 0 Å². The number of ether oxygens (including phenoxy) is 1. The van der Waals surface area contributed by atoms with Crippen LogP contribution >= 0.6 is 11.9 Å². The fourth-order valence-electron chi connectivity index (χ4n) is 2.69. The summed E-state index contributed by atoms with van der Waals surface area (Å²) in [7, 11) is 0. The van der Waals surface area contributed by atoms with Crippen LogP contribution in [0.1, 0.15) is 22.8 Å². The Balaban J connectivity index is 1.44. The SMILES string of the molecule is CCSNc1ccc(C(=O)N2CC(OC(=O)Cc3ccccc3)C2)cc1. The molecule has 1 heterocycles. The number of anilines is 1. The molecule has 26 heavy (non-hydrogen) atoms. The number of esters is 1. The van der Waals surface area contributed by atoms with Crippen LogP contribution in [-0.2, 0) is 16.0 Å². The number of carbonyl (C=O) groups is 2. The Bertz CT molecular complexity index is 743. The first kappa shape index (κ1) is 18.3. The van der Waals surface area contributed by atoms with Crippen LogP contribution in [-0.4, -0.2) is 41.7 Å². The summed E-state index contributed by atoms with van der Waals surface area (Å²) < 4.78 is 8.62. The van der Waals surface area contributed by atoms with Gasteiger partial charge in [0.25, 0.3) is 5.91 Å². The Kier molecular flexibility index (Phi) is 6.17. The molecule has 1 N–H and O–H groups in total. The lowest BCUT2D eigenvalue weighted by Gasteiger charge is -2.38. The Labute approximate surface area is 157 Å². The molecule has 0 radical (unpaired) electrons. The number of nitrogens with zero attached hydrogens (tertiary/aromatic N) is 1. The van der Waals surface area contributed by atoms with Gasteiger partial charge in [0, 0.05) is 17.0 Å². The van der Waals surface area contributed by atoms with Crippen molar-refractivity contribution in [2.45, 2.75) is 19.4 Å². The maximum atomic E-state index is 12.4. The summed E-state index contributed by atoms with van der Waals surface area (Å²) in [6.07, 6.45) is 0.0484. The second kappa shape index (κ2) is 8.76. The van der Waals surface area contributed by atoms with Crippen LogP contribution in [0.4, 0.5) is 5.69 Å². The Morgan fingerprint density at radius 1 is 1.12 bits per heavy atom. The summed E-state index contributed by atoms with van der Waals surface area (Å²) in [5.74, 6) is 0.686. The summed E-state index contributed by atoms with van der Waals surface area (Å²) in [6.45, 7) is 2.97. The van der Waals surface area contributed by atoms with Gasteiger partial charge in [-0.2, -0.15) is 0 Å². The first-order valence-electron chi connectivity index (χ1n) is 8.66. The summed E-state index contributed by atoms with van der Waals surface area (Å²) in [6, 6.07) is 16.9. The molecule has 2 aromatic rings. The first-order chi connectivity index (χ1) is 12.7. The van der Waals surface area contributed by atoms with Crippen molar-refractivity contribution in [3.05, 3.63) is 65.7 Å². The van der Waals surface area contributed by atoms with Gasteiger partial charge in [-0.1, -0.05) is 49.2 Å². The van der Waals surface area contributed by atoms with E-state index in [1.807, 2.05) is 54.6 Å². The van der Waals surface area contributed by atoms with E-state index in [0.717, 1.165) is 17.0 Å². The van der Waals surface area contributed by atoms with Crippen molar-refractivity contribution in [2.75, 3.05) is 23.6 Å². The van der Waals surface area contributed by atoms with Gasteiger partial charge in [0.15, 0.2) is 0 Å². The van der Waals surface area contributed by atoms with E-state index in [1.54, 1.807) is 16.8 Å². The molecule has 0 unspecified atom stereocenters. The average Bonchev–Trinajstić information content (AvgIpc) is 2.63. The van der Waals surface area contributed by atoms with Gasteiger partial charge in [-0.25, -0.2) is 0 Å². The second-order valence-electron chi connectivity index (χ2n) is 6.10. The Hall–Kier alpha value is -2.47. The van der Waals surface area contributed by atoms with Crippen LogP contribution in [0.2, 0.25) is 0 Å². The van der Waals surface area contributed by atoms with Crippen LogP contribution in [0.3, 0.4) is 0 Å². The zero-order chi connectivity index (χ0) is 18.4. The van der Waals surface area contributed by atoms with Crippen molar-refractivity contribution in [3.8, 4) is 0 Å². The third-order valence-electron chi connectivity index (χ3n) is 4.09. The number of nitrogens with one attached hydrogen (secondary N) is 1. The molecule has 0 aliphatic carbocycles. The zero-order valence-corrected chi connectivity index (χ0v) is 15.5. The molecule has 1 fully saturated rings. The van der Waals surface area contributed by atoms with Crippen molar-refractivity contribution >= 4 is 29.5 Å². The van der Waals surface area contributed by atoms with Gasteiger partial charge in [0.05, 0.1) is 19.5 Å². The smallest absolute Gasteiger partial charge is 0.310 e. The van der Waals surface area contributed by atoms with E-state index in [2.05, 4.69) is 11.6 Å². The minimum atomic E-state index is -0.253. The molecular weight excluding hydrogens is 348 g/mol. The van der Waals surface area contributed by atoms with Crippen LogP contribution in [0.5, 0.6) is 0 Å². The Morgan fingerprint density at radius 3 is 2.46 bits per heavy atom. The molecule has 0 bridgehead atoms. The first-order valence-corrected chi connectivity index (χ1v) is 9.65. The lowest BCUT2D eigenvalue weighted by atomic mass is 10.1. The average molecular weight is 370 g/mol. The van der Waals surface area contributed by atoms with Gasteiger partial charge in [-0.15, -0.1) is 0 Å². The van der Waals surface area contributed by atoms with Gasteiger partial charge in [-0.05, 0) is 29.8 Å². The van der Waals surface area contributed by atoms with Crippen LogP contribution in [0.25, 0.3) is 0 Å². The third-order valence-corrected chi connectivity index (χ3v) is 4.76. The molecule has 1 aliphatic rings. The lowest BCUT2D eigenvalue weighted by molar-refractivity contribution is -0.154. The predicted octanol–water partition coefficient (Wildman–Crippen LogP) is 3.38. The monoisotopic (exact) mass is 370 g/mol. The van der Waals surface area contributed by atoms with E-state index in [9.17, 15) is 9.59 Å². The summed E-state index contributed by atoms with van der Waals surface area (Å²) in [4.78, 5) is 26.1. The molecule has 5 nitrogen and oxygen atoms in total. The summed E-state index contributed by atoms with van der Waals surface area (Å²) in [5.41, 5.74) is 2.55. The van der Waals surface area contributed by atoms with Crippen LogP contribution in [0.15, 0.2) is 54.6 Å². The van der Waals surface area contributed by atoms with Gasteiger partial charge in [-0.3, -0.25) is 9.59 Å². The third kappa shape index (κ3) is 4.79. The number of hydrogen-bond donors (Lipinski definition) is 1. The molecule has 1 amide bonds. The van der Waals surface area contributed by atoms with Gasteiger partial charge in [0.1, 0.15) is 6.10 Å². The zero-order valence-electron chi connectivity index (χ0n) is 14.7. The Morgan fingerprint density at radius 2 is 1.81 bits per heavy atom. The molecule has 1 saturated heterocycles. The molecule has 136 valence electrons. The quantitative estimate of drug-likeness (QED) is 0.598. The fourth-order valence-corrected chi connectivity index (χ4v) is 3.13. The van der Waals surface area contributed by atoms with Crippen LogP contribution < -0.4 is 4.72 Å². The molecule has 0 atom stereocenters. The number of rotatable bonds is 7. The van der Waals surface area contributed by atoms with E-state index in [1.165, 1.54) is 0 Å². The van der Waals surface area contributed by atoms with Crippen LogP contribution in [0, 0.1) is 0 Å². The molecule has 2 aromatic carbocycles. The lowest BCUT2D eigenvalue weighted by Crippen LogP contribution is -2.55. The molecule has 0 saturated carbocycles. The molecule has 1 aliphatic heterocycles. The van der Waals surface area contributed by atoms with E-state index >= 15 is 0 Å². The predicted molar refractivity (Wildman–Crippen MR) is 104 cm³/mol. The molecule has 6 heteroatoms. The highest BCUT2D eigenvalue weighted by Gasteiger charge is 2.33. The van der Waals surface area contributed by atoms with E-state index in [4.69, 9.17) is 4.74 Å². The van der Waals surface area contributed by atoms with E-state index in [0.29, 0.717) is 18.7 Å². The van der Waals surface area contributed by atoms with E-state index in [-0.39, 0.29) is 24.4 Å². The normalized spacial score (nSPS) is 13.8. The largest absolute Gasteiger partial charge is 0.458 e. The molecule has 0 spiro atoms. The number of amides is 1. The van der Waals surface area contributed by atoms with Crippen molar-refractivity contribution < 1.29 is 14.3 Å². The highest BCUT2D eigenvalue weighted by atomic mass is 32.2. The fraction of sp³-hybridized carbons (Fsp3) is 0.300. The molecular formula is C20H22N2O3S. The van der Waals surface area contributed by atoms with Crippen molar-refractivity contribution in [2.24, 2.45) is 0 Å². The minimum Gasteiger partial charge on any atom is -0.458 e. The summed E-state index contributed by atoms with van der Waals surface area (Å²) >= 11 is 1.61. The second-order valence-corrected chi connectivity index (χ2v) is 7.17. The van der Waals surface area contributed by atoms with Gasteiger partial charge < -0.3 is 14.4 Å². The number of hydrogen-bond acceptors (Lipinski definition) is 5. The summed E-state index contributed by atoms with van der Waals surface area (Å²) in [5, 5.41) is 0. The van der Waals surface area contributed by atoms with Gasteiger partial charge >= 0.3 is 5.97 Å². The number of likely N-dealkylation sites (tertiary alicyclic amines) is 1. The highest BCUT2D eigenvalue weighted by Crippen LogP contribution is 2.19. The number of benzene rings is 2.